The second-order valence-electron chi connectivity index (χ2n) is 10.6. The van der Waals surface area contributed by atoms with Crippen molar-refractivity contribution >= 4 is 48.8 Å². The largest absolute Gasteiger partial charge is 0.456 e. The van der Waals surface area contributed by atoms with Gasteiger partial charge in [0.2, 0.25) is 6.19 Å². The number of carbonyl (C=O) groups is 1. The number of aliphatic imine (C=N–C) groups is 1. The summed E-state index contributed by atoms with van der Waals surface area (Å²) in [5.41, 5.74) is 3.90. The summed E-state index contributed by atoms with van der Waals surface area (Å²) in [6.07, 6.45) is 2.75. The van der Waals surface area contributed by atoms with E-state index in [1.165, 1.54) is 0 Å². The predicted molar refractivity (Wildman–Crippen MR) is 176 cm³/mol. The average molecular weight is 627 g/mol. The lowest BCUT2D eigenvalue weighted by molar-refractivity contribution is 0.0993. The molecule has 0 fully saturated rings. The molecule has 2 aliphatic rings. The maximum Gasteiger partial charge on any atom is 0.205 e. The first-order valence-electron chi connectivity index (χ1n) is 13.4. The molecule has 0 saturated carbocycles. The van der Waals surface area contributed by atoms with E-state index in [1.807, 2.05) is 54.7 Å². The molecule has 0 N–H and O–H groups in total. The number of hydrogen-bond acceptors (Lipinski definition) is 6. The summed E-state index contributed by atoms with van der Waals surface area (Å²) in [5, 5.41) is 9.99. The number of hydrogen-bond donors (Lipinski definition) is 0. The Morgan fingerprint density at radius 2 is 1.28 bits per heavy atom. The van der Waals surface area contributed by atoms with Gasteiger partial charge in [0, 0.05) is 39.6 Å². The number of fused-ring (bicyclic) bond motifs is 4. The number of halogens is 2. The van der Waals surface area contributed by atoms with E-state index < -0.39 is 8.24 Å². The molecule has 0 radical (unpaired) electrons. The monoisotopic (exact) mass is 625 g/mol. The van der Waals surface area contributed by atoms with Crippen LogP contribution >= 0.6 is 23.2 Å². The molecule has 216 valence electrons. The summed E-state index contributed by atoms with van der Waals surface area (Å²) in [6.45, 7) is 9.82. The van der Waals surface area contributed by atoms with Crippen LogP contribution in [0.1, 0.15) is 27.0 Å². The molecule has 0 amide bonds. The molecular weight excluding hydrogens is 597 g/mol. The van der Waals surface area contributed by atoms with Crippen LogP contribution in [0, 0.1) is 11.5 Å². The van der Waals surface area contributed by atoms with E-state index in [0.717, 1.165) is 28.2 Å². The first-order chi connectivity index (χ1) is 20.6. The zero-order valence-corrected chi connectivity index (χ0v) is 26.5. The number of rotatable bonds is 1. The molecule has 9 heteroatoms. The molecule has 6 nitrogen and oxygen atoms in total. The van der Waals surface area contributed by atoms with E-state index >= 15 is 0 Å². The topological polar surface area (TPSA) is 84.0 Å². The maximum absolute atomic E-state index is 12.1. The normalized spacial score (nSPS) is 13.5. The van der Waals surface area contributed by atoms with Gasteiger partial charge in [0.05, 0.1) is 11.3 Å². The fraction of sp³-hybridized carbons (Fsp3) is 0.147. The summed E-state index contributed by atoms with van der Waals surface area (Å²) in [7, 11) is -1.21. The van der Waals surface area contributed by atoms with Gasteiger partial charge in [-0.15, -0.1) is 0 Å². The van der Waals surface area contributed by atoms with Crippen LogP contribution < -0.4 is 9.47 Å². The average Bonchev–Trinajstić information content (AvgIpc) is 3.20. The molecule has 43 heavy (non-hydrogen) atoms. The summed E-state index contributed by atoms with van der Waals surface area (Å²) >= 11 is 11.9. The highest BCUT2D eigenvalue weighted by atomic mass is 35.5. The highest BCUT2D eigenvalue weighted by molar-refractivity contribution is 6.75. The molecule has 0 aromatic heterocycles. The lowest BCUT2D eigenvalue weighted by Gasteiger charge is -2.08. The van der Waals surface area contributed by atoms with E-state index in [-0.39, 0.29) is 5.78 Å². The molecule has 4 aromatic carbocycles. The van der Waals surface area contributed by atoms with Crippen molar-refractivity contribution in [2.75, 3.05) is 0 Å². The van der Waals surface area contributed by atoms with Gasteiger partial charge in [-0.3, -0.25) is 9.45 Å². The van der Waals surface area contributed by atoms with Crippen LogP contribution in [-0.2, 0) is 12.8 Å². The number of para-hydroxylation sites is 2. The Morgan fingerprint density at radius 1 is 0.767 bits per heavy atom. The van der Waals surface area contributed by atoms with Crippen LogP contribution in [0.3, 0.4) is 0 Å². The summed E-state index contributed by atoms with van der Waals surface area (Å²) in [4.78, 5) is 16.0. The van der Waals surface area contributed by atoms with Crippen molar-refractivity contribution < 1.29 is 14.3 Å². The fourth-order valence-corrected chi connectivity index (χ4v) is 5.12. The van der Waals surface area contributed by atoms with Gasteiger partial charge in [0.1, 0.15) is 23.0 Å². The third-order valence-electron chi connectivity index (χ3n) is 6.19. The first-order valence-corrected chi connectivity index (χ1v) is 17.6. The molecule has 2 aliphatic heterocycles. The van der Waals surface area contributed by atoms with Gasteiger partial charge < -0.3 is 9.47 Å². The number of ketones is 1. The first kappa shape index (κ1) is 31.5. The molecule has 0 atom stereocenters. The van der Waals surface area contributed by atoms with Crippen molar-refractivity contribution in [3.05, 3.63) is 124 Å². The highest BCUT2D eigenvalue weighted by Gasteiger charge is 2.21. The number of ether oxygens (including phenoxy) is 2. The van der Waals surface area contributed by atoms with Crippen molar-refractivity contribution in [2.45, 2.75) is 32.5 Å². The Bertz CT molecular complexity index is 1780. The smallest absolute Gasteiger partial charge is 0.205 e. The van der Waals surface area contributed by atoms with Crippen LogP contribution in [0.5, 0.6) is 23.0 Å². The van der Waals surface area contributed by atoms with E-state index in [1.54, 1.807) is 36.4 Å². The number of carbonyl (C=O) groups excluding carboxylic acids is 1. The molecule has 4 aromatic rings. The second-order valence-corrected chi connectivity index (χ2v) is 16.0. The van der Waals surface area contributed by atoms with E-state index in [9.17, 15) is 4.79 Å². The highest BCUT2D eigenvalue weighted by Crippen LogP contribution is 2.36. The maximum atomic E-state index is 12.1. The minimum atomic E-state index is -1.21. The molecule has 0 aliphatic carbocycles. The molecular formula is C34H29Cl2N3O3Si. The van der Waals surface area contributed by atoms with Crippen LogP contribution in [0.2, 0.25) is 29.7 Å². The number of Topliss-reactive ketones (excluding diaryl/α,β-unsaturated/α-hetero) is 1. The summed E-state index contributed by atoms with van der Waals surface area (Å²) in [6, 6.07) is 25.7. The quantitative estimate of drug-likeness (QED) is 0.120. The fourth-order valence-electron chi connectivity index (χ4n) is 4.30. The standard InChI is InChI=1S/C15H9ClN2O.C14H9ClO2.C5H11NSi/c16-11-5-6-15-12(8-11)13(18-9-17)7-10-3-1-2-4-14(10)19-15;15-10-5-6-14-11(8-10)12(16)7-9-3-1-2-4-13(9)17-14;1-5-6-7(2,3)4/h1-6,8H,7H2;1-6,8H,7H2;1H2,2-4H3. The van der Waals surface area contributed by atoms with Gasteiger partial charge in [0.25, 0.3) is 0 Å². The van der Waals surface area contributed by atoms with Crippen molar-refractivity contribution in [1.29, 1.82) is 5.26 Å². The second kappa shape index (κ2) is 14.2. The van der Waals surface area contributed by atoms with Crippen LogP contribution in [-0.4, -0.2) is 25.6 Å². The lowest BCUT2D eigenvalue weighted by Crippen LogP contribution is -2.14. The Morgan fingerprint density at radius 3 is 1.79 bits per heavy atom. The lowest BCUT2D eigenvalue weighted by atomic mass is 10.0. The van der Waals surface area contributed by atoms with Crippen LogP contribution in [0.25, 0.3) is 0 Å². The van der Waals surface area contributed by atoms with Crippen molar-refractivity contribution in [3.8, 4) is 29.2 Å². The predicted octanol–water partition coefficient (Wildman–Crippen LogP) is 9.51. The number of benzene rings is 4. The van der Waals surface area contributed by atoms with Crippen LogP contribution in [0.4, 0.5) is 0 Å². The Labute approximate surface area is 262 Å². The molecule has 0 spiro atoms. The third-order valence-corrected chi connectivity index (χ3v) is 7.49. The number of nitriles is 1. The molecule has 0 saturated heterocycles. The minimum absolute atomic E-state index is 0.0347. The SMILES string of the molecule is C=C=N[Si](C)(C)C.N#CN=C1Cc2ccccc2Oc2ccc(Cl)cc21.O=C1Cc2ccccc2Oc2ccc(Cl)cc21. The Kier molecular flexibility index (Phi) is 10.4. The van der Waals surface area contributed by atoms with E-state index in [0.29, 0.717) is 45.7 Å². The third kappa shape index (κ3) is 8.54. The van der Waals surface area contributed by atoms with E-state index in [4.69, 9.17) is 37.9 Å². The molecule has 6 rings (SSSR count). The van der Waals surface area contributed by atoms with Gasteiger partial charge in [-0.2, -0.15) is 10.3 Å². The Balaban J connectivity index is 0.000000163. The minimum Gasteiger partial charge on any atom is -0.456 e. The van der Waals surface area contributed by atoms with Crippen molar-refractivity contribution in [2.24, 2.45) is 9.65 Å². The molecule has 0 bridgehead atoms. The summed E-state index contributed by atoms with van der Waals surface area (Å²) < 4.78 is 15.7. The van der Waals surface area contributed by atoms with Gasteiger partial charge in [0.15, 0.2) is 14.0 Å². The van der Waals surface area contributed by atoms with Crippen molar-refractivity contribution in [3.63, 3.8) is 0 Å². The van der Waals surface area contributed by atoms with Gasteiger partial charge in [-0.05, 0) is 80.6 Å². The molecule has 2 heterocycles. The van der Waals surface area contributed by atoms with Gasteiger partial charge in [-0.25, -0.2) is 0 Å². The zero-order valence-electron chi connectivity index (χ0n) is 24.0. The number of nitrogens with zero attached hydrogens (tertiary/aromatic N) is 3. The molecule has 0 unspecified atom stereocenters. The van der Waals surface area contributed by atoms with Crippen LogP contribution in [0.15, 0.2) is 101 Å². The van der Waals surface area contributed by atoms with Gasteiger partial charge >= 0.3 is 0 Å². The van der Waals surface area contributed by atoms with E-state index in [2.05, 4.69) is 41.7 Å². The van der Waals surface area contributed by atoms with Crippen molar-refractivity contribution in [1.82, 2.24) is 0 Å². The van der Waals surface area contributed by atoms with Gasteiger partial charge in [-0.1, -0.05) is 59.6 Å². The Hall–Kier alpha value is -4.44. The zero-order chi connectivity index (χ0) is 31.0. The summed E-state index contributed by atoms with van der Waals surface area (Å²) in [5.74, 6) is 5.35.